The molecular weight excluding hydrogens is 354 g/mol. The maximum Gasteiger partial charge on any atom is 0.257 e. The van der Waals surface area contributed by atoms with E-state index >= 15 is 0 Å². The summed E-state index contributed by atoms with van der Waals surface area (Å²) in [5, 5.41) is 5.24. The number of benzene rings is 2. The zero-order valence-corrected chi connectivity index (χ0v) is 14.8. The van der Waals surface area contributed by atoms with Gasteiger partial charge in [-0.3, -0.25) is 4.79 Å². The molecule has 1 fully saturated rings. The molecule has 1 N–H and O–H groups in total. The van der Waals surface area contributed by atoms with E-state index < -0.39 is 0 Å². The van der Waals surface area contributed by atoms with Crippen LogP contribution in [0.3, 0.4) is 0 Å². The van der Waals surface area contributed by atoms with Crippen LogP contribution >= 0.6 is 15.9 Å². The van der Waals surface area contributed by atoms with E-state index in [1.807, 2.05) is 30.3 Å². The molecule has 2 aromatic carbocycles. The quantitative estimate of drug-likeness (QED) is 0.823. The van der Waals surface area contributed by atoms with Crippen molar-refractivity contribution >= 4 is 32.6 Å². The van der Waals surface area contributed by atoms with Gasteiger partial charge in [0.15, 0.2) is 6.61 Å². The molecule has 122 valence electrons. The Bertz CT molecular complexity index is 680. The highest BCUT2D eigenvalue weighted by Crippen LogP contribution is 2.33. The minimum Gasteiger partial charge on any atom is -0.483 e. The maximum atomic E-state index is 12.0. The number of hydrogen-bond donors (Lipinski definition) is 1. The predicted octanol–water partition coefficient (Wildman–Crippen LogP) is 4.68. The molecule has 0 aromatic heterocycles. The first-order chi connectivity index (χ1) is 11.2. The summed E-state index contributed by atoms with van der Waals surface area (Å²) >= 11 is 3.58. The molecule has 1 saturated carbocycles. The van der Waals surface area contributed by atoms with E-state index in [0.29, 0.717) is 11.7 Å². The molecule has 0 bridgehead atoms. The van der Waals surface area contributed by atoms with E-state index in [1.54, 1.807) is 0 Å². The summed E-state index contributed by atoms with van der Waals surface area (Å²) < 4.78 is 6.59. The number of amides is 1. The molecule has 0 radical (unpaired) electrons. The van der Waals surface area contributed by atoms with E-state index in [4.69, 9.17) is 4.74 Å². The number of halogens is 1. The smallest absolute Gasteiger partial charge is 0.257 e. The zero-order valence-electron chi connectivity index (χ0n) is 13.2. The van der Waals surface area contributed by atoms with E-state index in [1.165, 1.54) is 32.1 Å². The molecule has 0 heterocycles. The van der Waals surface area contributed by atoms with Gasteiger partial charge >= 0.3 is 0 Å². The van der Waals surface area contributed by atoms with Gasteiger partial charge in [-0.2, -0.15) is 0 Å². The summed E-state index contributed by atoms with van der Waals surface area (Å²) in [7, 11) is 0. The van der Waals surface area contributed by atoms with Crippen molar-refractivity contribution in [2.24, 2.45) is 5.92 Å². The second-order valence-electron chi connectivity index (χ2n) is 6.20. The van der Waals surface area contributed by atoms with Crippen molar-refractivity contribution in [3.05, 3.63) is 40.9 Å². The van der Waals surface area contributed by atoms with Crippen molar-refractivity contribution in [1.82, 2.24) is 5.32 Å². The Kier molecular flexibility index (Phi) is 5.55. The van der Waals surface area contributed by atoms with Crippen LogP contribution in [-0.4, -0.2) is 19.1 Å². The van der Waals surface area contributed by atoms with Crippen LogP contribution in [0.1, 0.15) is 32.1 Å². The third-order valence-electron chi connectivity index (χ3n) is 4.50. The van der Waals surface area contributed by atoms with Gasteiger partial charge in [-0.25, -0.2) is 0 Å². The third-order valence-corrected chi connectivity index (χ3v) is 5.32. The lowest BCUT2D eigenvalue weighted by atomic mass is 9.89. The Morgan fingerprint density at radius 2 is 1.91 bits per heavy atom. The minimum atomic E-state index is -0.0457. The Morgan fingerprint density at radius 3 is 2.74 bits per heavy atom. The van der Waals surface area contributed by atoms with Gasteiger partial charge < -0.3 is 10.1 Å². The van der Waals surface area contributed by atoms with Gasteiger partial charge in [0.05, 0.1) is 4.47 Å². The molecule has 3 rings (SSSR count). The van der Waals surface area contributed by atoms with Crippen LogP contribution in [0.2, 0.25) is 0 Å². The highest BCUT2D eigenvalue weighted by molar-refractivity contribution is 9.10. The molecule has 0 atom stereocenters. The largest absolute Gasteiger partial charge is 0.483 e. The zero-order chi connectivity index (χ0) is 16.1. The lowest BCUT2D eigenvalue weighted by Crippen LogP contribution is -2.33. The normalized spacial score (nSPS) is 15.5. The van der Waals surface area contributed by atoms with Gasteiger partial charge in [0, 0.05) is 6.54 Å². The first kappa shape index (κ1) is 16.3. The van der Waals surface area contributed by atoms with Gasteiger partial charge in [0.2, 0.25) is 0 Å². The first-order valence-corrected chi connectivity index (χ1v) is 9.10. The summed E-state index contributed by atoms with van der Waals surface area (Å²) in [6.07, 6.45) is 6.39. The van der Waals surface area contributed by atoms with E-state index in [-0.39, 0.29) is 12.5 Å². The number of hydrogen-bond acceptors (Lipinski definition) is 2. The van der Waals surface area contributed by atoms with Gasteiger partial charge in [0.25, 0.3) is 5.91 Å². The van der Waals surface area contributed by atoms with E-state index in [0.717, 1.165) is 21.8 Å². The van der Waals surface area contributed by atoms with Crippen LogP contribution in [0, 0.1) is 5.92 Å². The number of rotatable bonds is 5. The topological polar surface area (TPSA) is 38.3 Å². The molecule has 1 amide bonds. The van der Waals surface area contributed by atoms with Crippen LogP contribution in [-0.2, 0) is 4.79 Å². The van der Waals surface area contributed by atoms with Crippen molar-refractivity contribution in [2.45, 2.75) is 32.1 Å². The first-order valence-electron chi connectivity index (χ1n) is 8.31. The van der Waals surface area contributed by atoms with Crippen LogP contribution in [0.15, 0.2) is 40.9 Å². The average Bonchev–Trinajstić information content (AvgIpc) is 2.60. The molecule has 23 heavy (non-hydrogen) atoms. The number of carbonyl (C=O) groups excluding carboxylic acids is 1. The van der Waals surface area contributed by atoms with E-state index in [9.17, 15) is 4.79 Å². The molecule has 1 aliphatic carbocycles. The number of ether oxygens (including phenoxy) is 1. The minimum absolute atomic E-state index is 0.0457. The van der Waals surface area contributed by atoms with Crippen LogP contribution < -0.4 is 10.1 Å². The molecule has 0 unspecified atom stereocenters. The molecule has 0 spiro atoms. The fourth-order valence-electron chi connectivity index (χ4n) is 3.17. The Labute approximate surface area is 145 Å². The summed E-state index contributed by atoms with van der Waals surface area (Å²) in [6.45, 7) is 0.838. The molecule has 0 saturated heterocycles. The van der Waals surface area contributed by atoms with Crippen LogP contribution in [0.25, 0.3) is 10.8 Å². The van der Waals surface area contributed by atoms with E-state index in [2.05, 4.69) is 27.3 Å². The fourth-order valence-corrected chi connectivity index (χ4v) is 3.78. The summed E-state index contributed by atoms with van der Waals surface area (Å²) in [5.74, 6) is 1.30. The lowest BCUT2D eigenvalue weighted by molar-refractivity contribution is -0.123. The second-order valence-corrected chi connectivity index (χ2v) is 6.99. The predicted molar refractivity (Wildman–Crippen MR) is 96.7 cm³/mol. The summed E-state index contributed by atoms with van der Waals surface area (Å²) in [4.78, 5) is 12.0. The van der Waals surface area contributed by atoms with Crippen LogP contribution in [0.5, 0.6) is 5.75 Å². The highest BCUT2D eigenvalue weighted by Gasteiger charge is 2.14. The fraction of sp³-hybridized carbons (Fsp3) is 0.421. The highest BCUT2D eigenvalue weighted by atomic mass is 79.9. The number of nitrogens with one attached hydrogen (secondary N) is 1. The Balaban J connectivity index is 1.53. The van der Waals surface area contributed by atoms with Crippen molar-refractivity contribution in [2.75, 3.05) is 13.2 Å². The molecule has 4 heteroatoms. The maximum absolute atomic E-state index is 12.0. The van der Waals surface area contributed by atoms with Crippen molar-refractivity contribution in [1.29, 1.82) is 0 Å². The molecule has 3 nitrogen and oxygen atoms in total. The van der Waals surface area contributed by atoms with Crippen molar-refractivity contribution in [3.8, 4) is 5.75 Å². The second kappa shape index (κ2) is 7.82. The number of carbonyl (C=O) groups is 1. The summed E-state index contributed by atoms with van der Waals surface area (Å²) in [5.41, 5.74) is 0. The third kappa shape index (κ3) is 4.25. The summed E-state index contributed by atoms with van der Waals surface area (Å²) in [6, 6.07) is 12.0. The van der Waals surface area contributed by atoms with Gasteiger partial charge in [-0.15, -0.1) is 0 Å². The number of fused-ring (bicyclic) bond motifs is 1. The van der Waals surface area contributed by atoms with Crippen LogP contribution in [0.4, 0.5) is 0 Å². The van der Waals surface area contributed by atoms with Gasteiger partial charge in [-0.1, -0.05) is 49.6 Å². The standard InChI is InChI=1S/C19H22BrNO2/c20-19-16-9-5-4-8-15(16)10-11-17(19)23-13-18(22)21-12-14-6-2-1-3-7-14/h4-5,8-11,14H,1-3,6-7,12-13H2,(H,21,22). The SMILES string of the molecule is O=C(COc1ccc2ccccc2c1Br)NCC1CCCCC1. The molecule has 2 aromatic rings. The Hall–Kier alpha value is -1.55. The monoisotopic (exact) mass is 375 g/mol. The molecule has 0 aliphatic heterocycles. The van der Waals surface area contributed by atoms with Gasteiger partial charge in [0.1, 0.15) is 5.75 Å². The average molecular weight is 376 g/mol. The van der Waals surface area contributed by atoms with Crippen molar-refractivity contribution in [3.63, 3.8) is 0 Å². The van der Waals surface area contributed by atoms with Crippen molar-refractivity contribution < 1.29 is 9.53 Å². The lowest BCUT2D eigenvalue weighted by Gasteiger charge is -2.21. The van der Waals surface area contributed by atoms with Gasteiger partial charge in [-0.05, 0) is 51.5 Å². The molecule has 1 aliphatic rings. The Morgan fingerprint density at radius 1 is 1.13 bits per heavy atom. The molecular formula is C19H22BrNO2.